The predicted molar refractivity (Wildman–Crippen MR) is 25.6 cm³/mol. The van der Waals surface area contributed by atoms with Crippen molar-refractivity contribution in [3.63, 3.8) is 0 Å². The standard InChI is InChI=1S/C2H6O2.2ClH.Zr/c1-2(3)4;;;/h2-4H,1H3;2*1H;/q;;;+2/p-2. The van der Waals surface area contributed by atoms with E-state index >= 15 is 0 Å². The third-order valence-electron chi connectivity index (χ3n) is 0. The predicted octanol–water partition coefficient (Wildman–Crippen LogP) is 0.694. The average Bonchev–Trinajstić information content (AvgIpc) is 1.33. The van der Waals surface area contributed by atoms with Crippen molar-refractivity contribution in [2.45, 2.75) is 13.2 Å². The van der Waals surface area contributed by atoms with Gasteiger partial charge in [0, 0.05) is 0 Å². The third kappa shape index (κ3) is 112. The molecule has 2 N–H and O–H groups in total. The van der Waals surface area contributed by atoms with Crippen molar-refractivity contribution in [3.05, 3.63) is 0 Å². The van der Waals surface area contributed by atoms with Crippen LogP contribution in [0.1, 0.15) is 6.92 Å². The maximum absolute atomic E-state index is 7.61. The first-order valence-electron chi connectivity index (χ1n) is 1.47. The number of hydrogen-bond acceptors (Lipinski definition) is 2. The Hall–Kier alpha value is 1.38. The van der Waals surface area contributed by atoms with Gasteiger partial charge in [0.1, 0.15) is 6.29 Å². The van der Waals surface area contributed by atoms with E-state index < -0.39 is 27.1 Å². The van der Waals surface area contributed by atoms with Crippen LogP contribution in [0.5, 0.6) is 0 Å². The molecule has 0 spiro atoms. The van der Waals surface area contributed by atoms with E-state index in [2.05, 4.69) is 0 Å². The van der Waals surface area contributed by atoms with Gasteiger partial charge in [-0.2, -0.15) is 0 Å². The maximum atomic E-state index is 7.61. The normalized spacial score (nSPS) is 7.14. The Morgan fingerprint density at radius 1 is 1.43 bits per heavy atom. The van der Waals surface area contributed by atoms with Gasteiger partial charge in [0.2, 0.25) is 0 Å². The molecule has 0 heterocycles. The van der Waals surface area contributed by atoms with Gasteiger partial charge in [-0.15, -0.1) is 0 Å². The van der Waals surface area contributed by atoms with Gasteiger partial charge >= 0.3 is 37.9 Å². The van der Waals surface area contributed by atoms with E-state index in [1.807, 2.05) is 0 Å². The molecule has 7 heavy (non-hydrogen) atoms. The molecule has 0 aromatic heterocycles. The summed E-state index contributed by atoms with van der Waals surface area (Å²) in [4.78, 5) is 0. The first kappa shape index (κ1) is 11.2. The monoisotopic (exact) mass is 222 g/mol. The number of rotatable bonds is 0. The van der Waals surface area contributed by atoms with E-state index in [-0.39, 0.29) is 0 Å². The molecule has 2 nitrogen and oxygen atoms in total. The summed E-state index contributed by atoms with van der Waals surface area (Å²) in [7, 11) is 9.87. The van der Waals surface area contributed by atoms with Crippen LogP contribution in [0.4, 0.5) is 0 Å². The zero-order valence-electron chi connectivity index (χ0n) is 3.73. The second-order valence-corrected chi connectivity index (χ2v) is 4.44. The van der Waals surface area contributed by atoms with Gasteiger partial charge in [-0.25, -0.2) is 0 Å². The van der Waals surface area contributed by atoms with Crippen molar-refractivity contribution in [2.75, 3.05) is 0 Å². The molecule has 5 heteroatoms. The Kier molecular flexibility index (Phi) is 16.6. The molecular formula is C2H6Cl2O2Zr. The van der Waals surface area contributed by atoms with E-state index in [9.17, 15) is 0 Å². The summed E-state index contributed by atoms with van der Waals surface area (Å²) < 4.78 is 0. The van der Waals surface area contributed by atoms with Crippen LogP contribution in [-0.4, -0.2) is 16.5 Å². The van der Waals surface area contributed by atoms with Gasteiger partial charge in [-0.3, -0.25) is 0 Å². The van der Waals surface area contributed by atoms with Crippen LogP contribution in [0.2, 0.25) is 0 Å². The Labute approximate surface area is 61.1 Å². The summed E-state index contributed by atoms with van der Waals surface area (Å²) in [6.07, 6.45) is -1.17. The molecular weight excluding hydrogens is 218 g/mol. The number of aliphatic hydroxyl groups excluding tert-OH is 1. The zero-order valence-corrected chi connectivity index (χ0v) is 7.70. The molecule has 0 radical (unpaired) electrons. The fourth-order valence-corrected chi connectivity index (χ4v) is 0. The van der Waals surface area contributed by atoms with E-state index in [0.717, 1.165) is 0 Å². The van der Waals surface area contributed by atoms with Crippen LogP contribution in [0, 0.1) is 0 Å². The van der Waals surface area contributed by atoms with E-state index in [0.29, 0.717) is 0 Å². The summed E-state index contributed by atoms with van der Waals surface area (Å²) >= 11 is -0.826. The van der Waals surface area contributed by atoms with E-state index in [4.69, 9.17) is 27.2 Å². The van der Waals surface area contributed by atoms with Gasteiger partial charge < -0.3 is 10.2 Å². The van der Waals surface area contributed by atoms with Crippen molar-refractivity contribution in [3.8, 4) is 0 Å². The molecule has 0 saturated heterocycles. The van der Waals surface area contributed by atoms with Crippen molar-refractivity contribution >= 4 is 17.0 Å². The molecule has 0 rings (SSSR count). The van der Waals surface area contributed by atoms with Crippen molar-refractivity contribution < 1.29 is 31.1 Å². The summed E-state index contributed by atoms with van der Waals surface area (Å²) in [5.74, 6) is 0. The van der Waals surface area contributed by atoms with Crippen molar-refractivity contribution in [1.82, 2.24) is 0 Å². The Balaban J connectivity index is 0. The molecule has 44 valence electrons. The molecule has 0 unspecified atom stereocenters. The number of halogens is 2. The van der Waals surface area contributed by atoms with Crippen LogP contribution < -0.4 is 0 Å². The first-order chi connectivity index (χ1) is 3.15. The van der Waals surface area contributed by atoms with Crippen molar-refractivity contribution in [2.24, 2.45) is 0 Å². The van der Waals surface area contributed by atoms with Crippen molar-refractivity contribution in [1.29, 1.82) is 0 Å². The van der Waals surface area contributed by atoms with E-state index in [1.165, 1.54) is 6.92 Å². The molecule has 0 atom stereocenters. The molecule has 0 fully saturated rings. The Bertz CT molecular complexity index is 24.9. The third-order valence-corrected chi connectivity index (χ3v) is 0. The summed E-state index contributed by atoms with van der Waals surface area (Å²) in [6.45, 7) is 1.28. The molecule has 0 aromatic carbocycles. The Morgan fingerprint density at radius 2 is 1.43 bits per heavy atom. The zero-order chi connectivity index (χ0) is 6.28. The molecule has 0 aromatic rings. The molecule has 0 aliphatic carbocycles. The molecule has 0 bridgehead atoms. The van der Waals surface area contributed by atoms with Gasteiger partial charge in [-0.1, -0.05) is 0 Å². The first-order valence-corrected chi connectivity index (χ1v) is 7.80. The minimum absolute atomic E-state index is 0.826. The number of hydrogen-bond donors (Lipinski definition) is 2. The topological polar surface area (TPSA) is 40.5 Å². The summed E-state index contributed by atoms with van der Waals surface area (Å²) in [5.41, 5.74) is 0. The Morgan fingerprint density at radius 3 is 1.43 bits per heavy atom. The van der Waals surface area contributed by atoms with E-state index in [1.54, 1.807) is 0 Å². The van der Waals surface area contributed by atoms with Gasteiger partial charge in [0.05, 0.1) is 0 Å². The van der Waals surface area contributed by atoms with Gasteiger partial charge in [-0.05, 0) is 6.92 Å². The fraction of sp³-hybridized carbons (Fsp3) is 1.00. The van der Waals surface area contributed by atoms with Crippen LogP contribution in [0.15, 0.2) is 0 Å². The van der Waals surface area contributed by atoms with Crippen LogP contribution in [-0.2, 0) is 20.8 Å². The summed E-state index contributed by atoms with van der Waals surface area (Å²) in [6, 6.07) is 0. The fourth-order valence-electron chi connectivity index (χ4n) is 0. The number of aliphatic hydroxyl groups is 2. The quantitative estimate of drug-likeness (QED) is 0.594. The molecule has 0 aliphatic rings. The second-order valence-electron chi connectivity index (χ2n) is 0.703. The molecule has 0 amide bonds. The average molecular weight is 224 g/mol. The SMILES string of the molecule is CC(O)O.[Cl][Zr][Cl]. The summed E-state index contributed by atoms with van der Waals surface area (Å²) in [5, 5.41) is 15.2. The van der Waals surface area contributed by atoms with Gasteiger partial charge in [0.15, 0.2) is 0 Å². The van der Waals surface area contributed by atoms with Gasteiger partial charge in [0.25, 0.3) is 0 Å². The molecule has 0 aliphatic heterocycles. The van der Waals surface area contributed by atoms with Crippen LogP contribution >= 0.6 is 17.0 Å². The van der Waals surface area contributed by atoms with Crippen LogP contribution in [0.25, 0.3) is 0 Å². The second kappa shape index (κ2) is 10.4. The minimum atomic E-state index is -1.17. The molecule has 0 saturated carbocycles. The van der Waals surface area contributed by atoms with Crippen LogP contribution in [0.3, 0.4) is 0 Å².